The maximum Gasteiger partial charge on any atom is 0.161 e. The van der Waals surface area contributed by atoms with E-state index < -0.39 is 0 Å². The Morgan fingerprint density at radius 1 is 1.28 bits per heavy atom. The lowest BCUT2D eigenvalue weighted by molar-refractivity contribution is 0.415. The summed E-state index contributed by atoms with van der Waals surface area (Å²) < 4.78 is 5.51. The fourth-order valence-corrected chi connectivity index (χ4v) is 4.05. The van der Waals surface area contributed by atoms with Crippen molar-refractivity contribution in [2.24, 2.45) is 0 Å². The second kappa shape index (κ2) is 6.48. The third-order valence-electron chi connectivity index (χ3n) is 4.58. The van der Waals surface area contributed by atoms with Crippen molar-refractivity contribution < 1.29 is 4.74 Å². The lowest BCUT2D eigenvalue weighted by atomic mass is 10.2. The second-order valence-corrected chi connectivity index (χ2v) is 7.19. The summed E-state index contributed by atoms with van der Waals surface area (Å²) in [4.78, 5) is 16.7. The summed E-state index contributed by atoms with van der Waals surface area (Å²) in [5.74, 6) is 2.30. The summed E-state index contributed by atoms with van der Waals surface area (Å²) in [5.41, 5.74) is 4.72. The highest BCUT2D eigenvalue weighted by Gasteiger charge is 2.21. The molecule has 0 aliphatic carbocycles. The third kappa shape index (κ3) is 3.11. The number of anilines is 3. The molecule has 0 spiro atoms. The van der Waals surface area contributed by atoms with Crippen molar-refractivity contribution in [2.75, 3.05) is 23.9 Å². The largest absolute Gasteiger partial charge is 0.497 e. The molecule has 130 valence electrons. The number of ether oxygens (including phenoxy) is 1. The number of nitrogens with one attached hydrogen (secondary N) is 1. The number of aryl methyl sites for hydroxylation is 1. The van der Waals surface area contributed by atoms with Crippen molar-refractivity contribution >= 4 is 38.9 Å². The van der Waals surface area contributed by atoms with Crippen LogP contribution in [0.15, 0.2) is 23.7 Å². The maximum atomic E-state index is 5.51. The molecule has 3 aromatic rings. The highest BCUT2D eigenvalue weighted by Crippen LogP contribution is 2.33. The smallest absolute Gasteiger partial charge is 0.161 e. The molecule has 1 aliphatic rings. The molecule has 1 N–H and O–H groups in total. The molecule has 1 aromatic carbocycles. The third-order valence-corrected chi connectivity index (χ3v) is 5.30. The average Bonchev–Trinajstić information content (AvgIpc) is 3.23. The molecule has 1 fully saturated rings. The van der Waals surface area contributed by atoms with Crippen molar-refractivity contribution in [3.05, 3.63) is 29.5 Å². The molecule has 0 radical (unpaired) electrons. The number of nitrogens with zero attached hydrogens (tertiary/aromatic N) is 4. The minimum Gasteiger partial charge on any atom is -0.497 e. The van der Waals surface area contributed by atoms with Gasteiger partial charge in [0.25, 0.3) is 0 Å². The number of hydrogen-bond donors (Lipinski definition) is 1. The molecule has 0 amide bonds. The van der Waals surface area contributed by atoms with Gasteiger partial charge >= 0.3 is 0 Å². The highest BCUT2D eigenvalue weighted by molar-refractivity contribution is 7.16. The Hall–Kier alpha value is -2.41. The van der Waals surface area contributed by atoms with Crippen molar-refractivity contribution in [3.63, 3.8) is 0 Å². The van der Waals surface area contributed by atoms with Crippen LogP contribution in [-0.2, 0) is 0 Å². The minimum atomic E-state index is 0.548. The topological polar surface area (TPSA) is 63.2 Å². The van der Waals surface area contributed by atoms with Gasteiger partial charge in [0.15, 0.2) is 5.82 Å². The van der Waals surface area contributed by atoms with Crippen LogP contribution >= 0.6 is 11.3 Å². The molecule has 1 aliphatic heterocycles. The van der Waals surface area contributed by atoms with Crippen molar-refractivity contribution in [1.82, 2.24) is 15.0 Å². The number of hydrogen-bond acceptors (Lipinski definition) is 7. The van der Waals surface area contributed by atoms with E-state index in [0.29, 0.717) is 6.04 Å². The van der Waals surface area contributed by atoms with Gasteiger partial charge in [-0.25, -0.2) is 15.0 Å². The predicted molar refractivity (Wildman–Crippen MR) is 102 cm³/mol. The number of aromatic nitrogens is 3. The molecule has 7 heteroatoms. The minimum absolute atomic E-state index is 0.548. The molecule has 4 rings (SSSR count). The van der Waals surface area contributed by atoms with E-state index in [2.05, 4.69) is 44.2 Å². The molecule has 0 saturated carbocycles. The number of rotatable bonds is 4. The summed E-state index contributed by atoms with van der Waals surface area (Å²) in [6.07, 6.45) is 2.45. The Balaban J connectivity index is 1.73. The molecular formula is C18H21N5OS. The van der Waals surface area contributed by atoms with Gasteiger partial charge < -0.3 is 15.0 Å². The zero-order valence-electron chi connectivity index (χ0n) is 14.6. The quantitative estimate of drug-likeness (QED) is 0.759. The Kier molecular flexibility index (Phi) is 4.17. The van der Waals surface area contributed by atoms with Crippen LogP contribution < -0.4 is 15.0 Å². The fraction of sp³-hybridized carbons (Fsp3) is 0.389. The second-order valence-electron chi connectivity index (χ2n) is 6.35. The Labute approximate surface area is 150 Å². The maximum absolute atomic E-state index is 5.51. The summed E-state index contributed by atoms with van der Waals surface area (Å²) in [6.45, 7) is 5.25. The lowest BCUT2D eigenvalue weighted by Crippen LogP contribution is -2.26. The monoisotopic (exact) mass is 355 g/mol. The molecule has 1 atom stereocenters. The summed E-state index contributed by atoms with van der Waals surface area (Å²) in [5, 5.41) is 3.41. The summed E-state index contributed by atoms with van der Waals surface area (Å²) >= 11 is 1.52. The van der Waals surface area contributed by atoms with Gasteiger partial charge in [0, 0.05) is 36.1 Å². The molecule has 1 saturated heterocycles. The molecular weight excluding hydrogens is 334 g/mol. The van der Waals surface area contributed by atoms with E-state index in [0.717, 1.165) is 40.0 Å². The van der Waals surface area contributed by atoms with Crippen molar-refractivity contribution in [3.8, 4) is 5.75 Å². The predicted octanol–water partition coefficient (Wildman–Crippen LogP) is 4.14. The summed E-state index contributed by atoms with van der Waals surface area (Å²) in [6, 6.07) is 6.78. The van der Waals surface area contributed by atoms with Gasteiger partial charge in [-0.05, 0) is 32.8 Å². The van der Waals surface area contributed by atoms with Crippen LogP contribution in [0, 0.1) is 6.92 Å². The molecule has 6 nitrogen and oxygen atoms in total. The first-order valence-corrected chi connectivity index (χ1v) is 9.32. The van der Waals surface area contributed by atoms with Gasteiger partial charge in [-0.2, -0.15) is 0 Å². The number of fused-ring (bicyclic) bond motifs is 1. The summed E-state index contributed by atoms with van der Waals surface area (Å²) in [7, 11) is 1.70. The van der Waals surface area contributed by atoms with Crippen LogP contribution in [0.1, 0.15) is 25.6 Å². The van der Waals surface area contributed by atoms with Crippen molar-refractivity contribution in [1.29, 1.82) is 0 Å². The molecule has 2 aromatic heterocycles. The van der Waals surface area contributed by atoms with Crippen LogP contribution in [0.2, 0.25) is 0 Å². The highest BCUT2D eigenvalue weighted by atomic mass is 32.1. The van der Waals surface area contributed by atoms with Gasteiger partial charge in [0.2, 0.25) is 0 Å². The van der Waals surface area contributed by atoms with E-state index in [1.165, 1.54) is 29.9 Å². The Morgan fingerprint density at radius 3 is 2.92 bits per heavy atom. The van der Waals surface area contributed by atoms with Crippen molar-refractivity contribution in [2.45, 2.75) is 32.7 Å². The SMILES string of the molecule is COc1cc(Nc2nc(C)nc3scnc23)cc(N2CCCC2C)c1. The molecule has 1 unspecified atom stereocenters. The van der Waals surface area contributed by atoms with E-state index in [4.69, 9.17) is 4.74 Å². The number of benzene rings is 1. The normalized spacial score (nSPS) is 17.2. The van der Waals surface area contributed by atoms with Gasteiger partial charge in [-0.3, -0.25) is 0 Å². The Morgan fingerprint density at radius 2 is 2.16 bits per heavy atom. The van der Waals surface area contributed by atoms with Crippen LogP contribution in [0.3, 0.4) is 0 Å². The Bertz CT molecular complexity index is 910. The first-order chi connectivity index (χ1) is 12.1. The molecule has 25 heavy (non-hydrogen) atoms. The standard InChI is InChI=1S/C18H21N5OS/c1-11-5-4-6-23(11)14-7-13(8-15(9-14)24-3)22-17-16-18(25-10-19-16)21-12(2)20-17/h7-11H,4-6H2,1-3H3,(H,20,21,22). The lowest BCUT2D eigenvalue weighted by Gasteiger charge is -2.25. The van der Waals surface area contributed by atoms with E-state index in [1.807, 2.05) is 13.0 Å². The van der Waals surface area contributed by atoms with Crippen LogP contribution in [-0.4, -0.2) is 34.6 Å². The fourth-order valence-electron chi connectivity index (χ4n) is 3.35. The zero-order valence-corrected chi connectivity index (χ0v) is 15.4. The first-order valence-electron chi connectivity index (χ1n) is 8.44. The van der Waals surface area contributed by atoms with E-state index in [-0.39, 0.29) is 0 Å². The van der Waals surface area contributed by atoms with E-state index in [9.17, 15) is 0 Å². The zero-order chi connectivity index (χ0) is 17.4. The van der Waals surface area contributed by atoms with E-state index in [1.54, 1.807) is 12.6 Å². The number of methoxy groups -OCH3 is 1. The van der Waals surface area contributed by atoms with Gasteiger partial charge in [-0.1, -0.05) is 0 Å². The molecule has 0 bridgehead atoms. The van der Waals surface area contributed by atoms with Gasteiger partial charge in [0.1, 0.15) is 21.9 Å². The molecule has 3 heterocycles. The first kappa shape index (κ1) is 16.1. The van der Waals surface area contributed by atoms with Crippen LogP contribution in [0.4, 0.5) is 17.2 Å². The van der Waals surface area contributed by atoms with Gasteiger partial charge in [-0.15, -0.1) is 11.3 Å². The van der Waals surface area contributed by atoms with Crippen LogP contribution in [0.25, 0.3) is 10.3 Å². The van der Waals surface area contributed by atoms with Gasteiger partial charge in [0.05, 0.1) is 12.6 Å². The number of thiazole rings is 1. The van der Waals surface area contributed by atoms with E-state index >= 15 is 0 Å². The average molecular weight is 355 g/mol. The van der Waals surface area contributed by atoms with Crippen LogP contribution in [0.5, 0.6) is 5.75 Å².